The standard InChI is InChI=1S/C27H25ClN4O3/c28-23-17-30-24-15-19(8-9-22(23)24)26(33)31-25(18-5-2-1-3-6-18)27(34)32-13-10-20(11-14-32)35-21-7-4-12-29-16-21/h1-9,12,15-17,20,25,30H,10-11,13-14H2,(H,31,33). The van der Waals surface area contributed by atoms with E-state index < -0.39 is 6.04 Å². The van der Waals surface area contributed by atoms with Gasteiger partial charge in [0.15, 0.2) is 0 Å². The number of likely N-dealkylation sites (tertiary alicyclic amines) is 1. The Kier molecular flexibility index (Phi) is 6.68. The first kappa shape index (κ1) is 22.9. The number of amides is 2. The molecule has 2 aromatic carbocycles. The SMILES string of the molecule is O=C(NC(C(=O)N1CCC(Oc2cccnc2)CC1)c1ccccc1)c1ccc2c(Cl)c[nH]c2c1. The van der Waals surface area contributed by atoms with Gasteiger partial charge in [0.05, 0.1) is 11.2 Å². The van der Waals surface area contributed by atoms with Gasteiger partial charge in [0.2, 0.25) is 5.91 Å². The van der Waals surface area contributed by atoms with E-state index in [2.05, 4.69) is 15.3 Å². The number of carbonyl (C=O) groups is 2. The molecule has 1 unspecified atom stereocenters. The summed E-state index contributed by atoms with van der Waals surface area (Å²) in [5, 5.41) is 4.39. The molecule has 2 N–H and O–H groups in total. The molecule has 2 aromatic heterocycles. The minimum Gasteiger partial charge on any atom is -0.489 e. The third-order valence-electron chi connectivity index (χ3n) is 6.24. The van der Waals surface area contributed by atoms with Crippen LogP contribution in [0.1, 0.15) is 34.8 Å². The van der Waals surface area contributed by atoms with Gasteiger partial charge in [-0.3, -0.25) is 14.6 Å². The number of aromatic nitrogens is 2. The van der Waals surface area contributed by atoms with Gasteiger partial charge in [0, 0.05) is 54.8 Å². The highest BCUT2D eigenvalue weighted by Gasteiger charge is 2.31. The number of H-pyrrole nitrogens is 1. The van der Waals surface area contributed by atoms with Crippen LogP contribution in [0.25, 0.3) is 10.9 Å². The lowest BCUT2D eigenvalue weighted by Crippen LogP contribution is -2.47. The highest BCUT2D eigenvalue weighted by Crippen LogP contribution is 2.25. The molecule has 1 fully saturated rings. The summed E-state index contributed by atoms with van der Waals surface area (Å²) in [5.41, 5.74) is 1.96. The molecule has 0 radical (unpaired) electrons. The minimum atomic E-state index is -0.789. The summed E-state index contributed by atoms with van der Waals surface area (Å²) in [6.07, 6.45) is 6.52. The van der Waals surface area contributed by atoms with Gasteiger partial charge in [0.25, 0.3) is 5.91 Å². The molecule has 35 heavy (non-hydrogen) atoms. The fourth-order valence-corrected chi connectivity index (χ4v) is 4.58. The first-order valence-corrected chi connectivity index (χ1v) is 11.9. The average molecular weight is 489 g/mol. The van der Waals surface area contributed by atoms with E-state index in [1.807, 2.05) is 42.5 Å². The second kappa shape index (κ2) is 10.2. The Morgan fingerprint density at radius 2 is 1.89 bits per heavy atom. The van der Waals surface area contributed by atoms with E-state index in [9.17, 15) is 9.59 Å². The normalized spacial score (nSPS) is 15.1. The summed E-state index contributed by atoms with van der Waals surface area (Å²) in [4.78, 5) is 35.7. The monoisotopic (exact) mass is 488 g/mol. The van der Waals surface area contributed by atoms with Gasteiger partial charge in [-0.1, -0.05) is 48.0 Å². The van der Waals surface area contributed by atoms with Crippen LogP contribution in [0.2, 0.25) is 5.02 Å². The third kappa shape index (κ3) is 5.15. The lowest BCUT2D eigenvalue weighted by Gasteiger charge is -2.34. The second-order valence-corrected chi connectivity index (χ2v) is 8.95. The fourth-order valence-electron chi connectivity index (χ4n) is 4.37. The van der Waals surface area contributed by atoms with Crippen LogP contribution in [-0.4, -0.2) is 45.9 Å². The van der Waals surface area contributed by atoms with Crippen molar-refractivity contribution in [2.24, 2.45) is 0 Å². The van der Waals surface area contributed by atoms with Crippen LogP contribution in [0, 0.1) is 0 Å². The van der Waals surface area contributed by atoms with Crippen LogP contribution in [0.4, 0.5) is 0 Å². The molecule has 2 amide bonds. The molecule has 0 saturated carbocycles. The van der Waals surface area contributed by atoms with E-state index >= 15 is 0 Å². The van der Waals surface area contributed by atoms with E-state index in [1.54, 1.807) is 41.7 Å². The molecule has 178 valence electrons. The van der Waals surface area contributed by atoms with Gasteiger partial charge in [-0.05, 0) is 29.8 Å². The lowest BCUT2D eigenvalue weighted by molar-refractivity contribution is -0.135. The summed E-state index contributed by atoms with van der Waals surface area (Å²) < 4.78 is 6.01. The summed E-state index contributed by atoms with van der Waals surface area (Å²) in [7, 11) is 0. The second-order valence-electron chi connectivity index (χ2n) is 8.55. The van der Waals surface area contributed by atoms with Crippen LogP contribution >= 0.6 is 11.6 Å². The quantitative estimate of drug-likeness (QED) is 0.409. The Morgan fingerprint density at radius 1 is 1.09 bits per heavy atom. The van der Waals surface area contributed by atoms with Crippen molar-refractivity contribution in [3.05, 3.63) is 95.4 Å². The van der Waals surface area contributed by atoms with Crippen LogP contribution in [0.15, 0.2) is 79.3 Å². The highest BCUT2D eigenvalue weighted by molar-refractivity contribution is 6.35. The number of rotatable bonds is 6. The van der Waals surface area contributed by atoms with Gasteiger partial charge in [0.1, 0.15) is 17.9 Å². The summed E-state index contributed by atoms with van der Waals surface area (Å²) >= 11 is 6.16. The van der Waals surface area contributed by atoms with E-state index in [1.165, 1.54) is 0 Å². The predicted molar refractivity (Wildman–Crippen MR) is 134 cm³/mol. The van der Waals surface area contributed by atoms with Crippen LogP contribution in [0.5, 0.6) is 5.75 Å². The van der Waals surface area contributed by atoms with Crippen molar-refractivity contribution in [3.63, 3.8) is 0 Å². The Hall–Kier alpha value is -3.84. The first-order chi connectivity index (χ1) is 17.1. The van der Waals surface area contributed by atoms with Crippen LogP contribution < -0.4 is 10.1 Å². The molecule has 4 aromatic rings. The van der Waals surface area contributed by atoms with Gasteiger partial charge in [-0.15, -0.1) is 0 Å². The Balaban J connectivity index is 1.29. The van der Waals surface area contributed by atoms with Crippen molar-refractivity contribution in [2.45, 2.75) is 25.0 Å². The number of nitrogens with one attached hydrogen (secondary N) is 2. The number of fused-ring (bicyclic) bond motifs is 1. The molecule has 7 nitrogen and oxygen atoms in total. The molecule has 0 spiro atoms. The summed E-state index contributed by atoms with van der Waals surface area (Å²) in [5.74, 6) is 0.273. The zero-order chi connectivity index (χ0) is 24.2. The van der Waals surface area contributed by atoms with E-state index in [-0.39, 0.29) is 17.9 Å². The number of hydrogen-bond acceptors (Lipinski definition) is 4. The predicted octanol–water partition coefficient (Wildman–Crippen LogP) is 4.76. The highest BCUT2D eigenvalue weighted by atomic mass is 35.5. The summed E-state index contributed by atoms with van der Waals surface area (Å²) in [6, 6.07) is 17.5. The Bertz CT molecular complexity index is 1320. The summed E-state index contributed by atoms with van der Waals surface area (Å²) in [6.45, 7) is 1.10. The molecule has 1 aliphatic heterocycles. The molecule has 0 aliphatic carbocycles. The average Bonchev–Trinajstić information content (AvgIpc) is 3.28. The Labute approximate surface area is 208 Å². The smallest absolute Gasteiger partial charge is 0.252 e. The number of halogens is 1. The molecule has 1 saturated heterocycles. The van der Waals surface area contributed by atoms with Crippen LogP contribution in [-0.2, 0) is 4.79 Å². The number of hydrogen-bond donors (Lipinski definition) is 2. The molecule has 3 heterocycles. The molecule has 8 heteroatoms. The van der Waals surface area contributed by atoms with Gasteiger partial charge < -0.3 is 19.9 Å². The van der Waals surface area contributed by atoms with Crippen molar-refractivity contribution in [1.82, 2.24) is 20.2 Å². The lowest BCUT2D eigenvalue weighted by atomic mass is 10.0. The van der Waals surface area contributed by atoms with E-state index in [0.29, 0.717) is 36.5 Å². The molecule has 5 rings (SSSR count). The van der Waals surface area contributed by atoms with Crippen molar-refractivity contribution >= 4 is 34.3 Å². The third-order valence-corrected chi connectivity index (χ3v) is 6.55. The molecule has 1 aliphatic rings. The van der Waals surface area contributed by atoms with E-state index in [0.717, 1.165) is 22.2 Å². The van der Waals surface area contributed by atoms with Gasteiger partial charge in [-0.2, -0.15) is 0 Å². The Morgan fingerprint density at radius 3 is 2.63 bits per heavy atom. The number of ether oxygens (including phenoxy) is 1. The largest absolute Gasteiger partial charge is 0.489 e. The zero-order valence-corrected chi connectivity index (χ0v) is 19.7. The van der Waals surface area contributed by atoms with Gasteiger partial charge >= 0.3 is 0 Å². The topological polar surface area (TPSA) is 87.3 Å². The molecular formula is C27H25ClN4O3. The number of carbonyl (C=O) groups excluding carboxylic acids is 2. The maximum atomic E-state index is 13.6. The maximum Gasteiger partial charge on any atom is 0.252 e. The van der Waals surface area contributed by atoms with Crippen molar-refractivity contribution in [1.29, 1.82) is 0 Å². The van der Waals surface area contributed by atoms with Crippen molar-refractivity contribution < 1.29 is 14.3 Å². The number of piperidine rings is 1. The molecule has 1 atom stereocenters. The number of pyridine rings is 1. The first-order valence-electron chi connectivity index (χ1n) is 11.6. The van der Waals surface area contributed by atoms with Crippen molar-refractivity contribution in [2.75, 3.05) is 13.1 Å². The minimum absolute atomic E-state index is 0.0207. The van der Waals surface area contributed by atoms with E-state index in [4.69, 9.17) is 16.3 Å². The fraction of sp³-hybridized carbons (Fsp3) is 0.222. The van der Waals surface area contributed by atoms with Crippen molar-refractivity contribution in [3.8, 4) is 5.75 Å². The van der Waals surface area contributed by atoms with Crippen LogP contribution in [0.3, 0.4) is 0 Å². The zero-order valence-electron chi connectivity index (χ0n) is 19.0. The maximum absolute atomic E-state index is 13.6. The number of aromatic amines is 1. The molecule has 0 bridgehead atoms. The number of benzene rings is 2. The molecular weight excluding hydrogens is 464 g/mol. The van der Waals surface area contributed by atoms with Gasteiger partial charge in [-0.25, -0.2) is 0 Å². The number of nitrogens with zero attached hydrogens (tertiary/aromatic N) is 2.